The van der Waals surface area contributed by atoms with Gasteiger partial charge in [-0.15, -0.1) is 0 Å². The quantitative estimate of drug-likeness (QED) is 0.825. The van der Waals surface area contributed by atoms with E-state index in [1.165, 1.54) is 0 Å². The number of methoxy groups -OCH3 is 2. The van der Waals surface area contributed by atoms with Crippen molar-refractivity contribution in [2.45, 2.75) is 32.9 Å². The van der Waals surface area contributed by atoms with E-state index in [9.17, 15) is 0 Å². The SMILES string of the molecule is CCOC(C(C)C)C(N)c1ccc(OC)cc1OC. The molecule has 0 fully saturated rings. The van der Waals surface area contributed by atoms with Gasteiger partial charge in [-0.25, -0.2) is 0 Å². The molecule has 0 heterocycles. The molecule has 0 aliphatic carbocycles. The summed E-state index contributed by atoms with van der Waals surface area (Å²) in [5, 5.41) is 0. The van der Waals surface area contributed by atoms with Crippen LogP contribution in [0.3, 0.4) is 0 Å². The van der Waals surface area contributed by atoms with Crippen LogP contribution in [0.15, 0.2) is 18.2 Å². The van der Waals surface area contributed by atoms with Gasteiger partial charge in [0.1, 0.15) is 11.5 Å². The van der Waals surface area contributed by atoms with E-state index in [-0.39, 0.29) is 12.1 Å². The first-order chi connectivity index (χ1) is 9.04. The summed E-state index contributed by atoms with van der Waals surface area (Å²) in [6, 6.07) is 5.46. The molecule has 0 aliphatic heterocycles. The van der Waals surface area contributed by atoms with Gasteiger partial charge < -0.3 is 19.9 Å². The summed E-state index contributed by atoms with van der Waals surface area (Å²) in [5.41, 5.74) is 7.29. The Balaban J connectivity index is 3.05. The summed E-state index contributed by atoms with van der Waals surface area (Å²) < 4.78 is 16.4. The molecule has 108 valence electrons. The van der Waals surface area contributed by atoms with Gasteiger partial charge in [0, 0.05) is 18.2 Å². The zero-order chi connectivity index (χ0) is 14.4. The number of hydrogen-bond acceptors (Lipinski definition) is 4. The van der Waals surface area contributed by atoms with Crippen LogP contribution in [0.25, 0.3) is 0 Å². The van der Waals surface area contributed by atoms with E-state index >= 15 is 0 Å². The molecule has 0 aliphatic rings. The molecule has 0 radical (unpaired) electrons. The van der Waals surface area contributed by atoms with Crippen molar-refractivity contribution in [3.8, 4) is 11.5 Å². The normalized spacial score (nSPS) is 14.3. The number of benzene rings is 1. The first-order valence-electron chi connectivity index (χ1n) is 6.64. The largest absolute Gasteiger partial charge is 0.497 e. The topological polar surface area (TPSA) is 53.7 Å². The van der Waals surface area contributed by atoms with Crippen molar-refractivity contribution in [3.05, 3.63) is 23.8 Å². The van der Waals surface area contributed by atoms with Gasteiger partial charge in [-0.1, -0.05) is 13.8 Å². The Kier molecular flexibility index (Phi) is 6.12. The number of rotatable bonds is 7. The summed E-state index contributed by atoms with van der Waals surface area (Å²) >= 11 is 0. The Hall–Kier alpha value is -1.26. The third kappa shape index (κ3) is 3.85. The molecule has 0 amide bonds. The van der Waals surface area contributed by atoms with Crippen molar-refractivity contribution in [3.63, 3.8) is 0 Å². The zero-order valence-electron chi connectivity index (χ0n) is 12.5. The van der Waals surface area contributed by atoms with Crippen LogP contribution >= 0.6 is 0 Å². The van der Waals surface area contributed by atoms with Crippen LogP contribution in [0.5, 0.6) is 11.5 Å². The molecule has 1 aromatic rings. The fourth-order valence-electron chi connectivity index (χ4n) is 2.17. The highest BCUT2D eigenvalue weighted by Crippen LogP contribution is 2.32. The van der Waals surface area contributed by atoms with E-state index in [2.05, 4.69) is 13.8 Å². The summed E-state index contributed by atoms with van der Waals surface area (Å²) in [6.07, 6.45) is -0.0349. The highest BCUT2D eigenvalue weighted by atomic mass is 16.5. The van der Waals surface area contributed by atoms with Crippen molar-refractivity contribution in [1.29, 1.82) is 0 Å². The molecule has 0 bridgehead atoms. The summed E-state index contributed by atoms with van der Waals surface area (Å²) in [7, 11) is 3.27. The minimum Gasteiger partial charge on any atom is -0.497 e. The van der Waals surface area contributed by atoms with Crippen molar-refractivity contribution in [1.82, 2.24) is 0 Å². The van der Waals surface area contributed by atoms with E-state index in [4.69, 9.17) is 19.9 Å². The van der Waals surface area contributed by atoms with Gasteiger partial charge in [-0.05, 0) is 25.0 Å². The fraction of sp³-hybridized carbons (Fsp3) is 0.600. The molecule has 2 unspecified atom stereocenters. The molecule has 19 heavy (non-hydrogen) atoms. The third-order valence-corrected chi connectivity index (χ3v) is 3.17. The lowest BCUT2D eigenvalue weighted by atomic mass is 9.93. The second-order valence-corrected chi connectivity index (χ2v) is 4.80. The Morgan fingerprint density at radius 1 is 1.16 bits per heavy atom. The maximum Gasteiger partial charge on any atom is 0.127 e. The second-order valence-electron chi connectivity index (χ2n) is 4.80. The molecule has 0 spiro atoms. The lowest BCUT2D eigenvalue weighted by molar-refractivity contribution is 0.0117. The molecule has 1 rings (SSSR count). The fourth-order valence-corrected chi connectivity index (χ4v) is 2.17. The number of nitrogens with two attached hydrogens (primary N) is 1. The minimum atomic E-state index is -0.221. The Morgan fingerprint density at radius 2 is 1.84 bits per heavy atom. The lowest BCUT2D eigenvalue weighted by Crippen LogP contribution is -2.33. The van der Waals surface area contributed by atoms with Crippen molar-refractivity contribution in [2.75, 3.05) is 20.8 Å². The van der Waals surface area contributed by atoms with Crippen LogP contribution in [0, 0.1) is 5.92 Å². The monoisotopic (exact) mass is 267 g/mol. The molecule has 4 heteroatoms. The van der Waals surface area contributed by atoms with Crippen LogP contribution in [0.2, 0.25) is 0 Å². The van der Waals surface area contributed by atoms with E-state index in [0.717, 1.165) is 17.1 Å². The Morgan fingerprint density at radius 3 is 2.32 bits per heavy atom. The number of ether oxygens (including phenoxy) is 3. The van der Waals surface area contributed by atoms with Crippen LogP contribution < -0.4 is 15.2 Å². The predicted molar refractivity (Wildman–Crippen MR) is 76.7 cm³/mol. The summed E-state index contributed by atoms with van der Waals surface area (Å²) in [4.78, 5) is 0. The van der Waals surface area contributed by atoms with Gasteiger partial charge in [-0.3, -0.25) is 0 Å². The molecule has 2 N–H and O–H groups in total. The first-order valence-corrected chi connectivity index (χ1v) is 6.64. The summed E-state index contributed by atoms with van der Waals surface area (Å²) in [5.74, 6) is 1.82. The highest BCUT2D eigenvalue weighted by molar-refractivity contribution is 5.42. The zero-order valence-corrected chi connectivity index (χ0v) is 12.5. The molecule has 4 nitrogen and oxygen atoms in total. The Labute approximate surface area is 115 Å². The minimum absolute atomic E-state index is 0.0349. The number of hydrogen-bond donors (Lipinski definition) is 1. The smallest absolute Gasteiger partial charge is 0.127 e. The van der Waals surface area contributed by atoms with E-state index < -0.39 is 0 Å². The molecule has 0 saturated carbocycles. The van der Waals surface area contributed by atoms with Gasteiger partial charge in [-0.2, -0.15) is 0 Å². The molecule has 0 saturated heterocycles. The van der Waals surface area contributed by atoms with E-state index in [1.54, 1.807) is 14.2 Å². The molecule has 1 aromatic carbocycles. The average Bonchev–Trinajstić information content (AvgIpc) is 2.42. The van der Waals surface area contributed by atoms with E-state index in [1.807, 2.05) is 25.1 Å². The summed E-state index contributed by atoms with van der Waals surface area (Å²) in [6.45, 7) is 6.84. The third-order valence-electron chi connectivity index (χ3n) is 3.17. The molecule has 0 aromatic heterocycles. The van der Waals surface area contributed by atoms with Crippen LogP contribution in [0.1, 0.15) is 32.4 Å². The van der Waals surface area contributed by atoms with E-state index in [0.29, 0.717) is 12.5 Å². The van der Waals surface area contributed by atoms with Crippen LogP contribution in [-0.2, 0) is 4.74 Å². The van der Waals surface area contributed by atoms with Crippen molar-refractivity contribution < 1.29 is 14.2 Å². The van der Waals surface area contributed by atoms with Crippen molar-refractivity contribution >= 4 is 0 Å². The first kappa shape index (κ1) is 15.8. The molecular formula is C15H25NO3. The predicted octanol–water partition coefficient (Wildman–Crippen LogP) is 2.76. The van der Waals surface area contributed by atoms with Crippen molar-refractivity contribution in [2.24, 2.45) is 11.7 Å². The standard InChI is InChI=1S/C15H25NO3/c1-6-19-15(10(2)3)14(16)12-8-7-11(17-4)9-13(12)18-5/h7-10,14-15H,6,16H2,1-5H3. The van der Waals surface area contributed by atoms with Gasteiger partial charge in [0.15, 0.2) is 0 Å². The van der Waals surface area contributed by atoms with Gasteiger partial charge in [0.25, 0.3) is 0 Å². The Bertz CT molecular complexity index is 393. The van der Waals surface area contributed by atoms with Crippen LogP contribution in [-0.4, -0.2) is 26.9 Å². The van der Waals surface area contributed by atoms with Gasteiger partial charge in [0.2, 0.25) is 0 Å². The average molecular weight is 267 g/mol. The molecular weight excluding hydrogens is 242 g/mol. The maximum absolute atomic E-state index is 6.35. The molecule has 2 atom stereocenters. The van der Waals surface area contributed by atoms with Crippen LogP contribution in [0.4, 0.5) is 0 Å². The van der Waals surface area contributed by atoms with Gasteiger partial charge in [0.05, 0.1) is 26.4 Å². The maximum atomic E-state index is 6.35. The second kappa shape index (κ2) is 7.36. The van der Waals surface area contributed by atoms with Gasteiger partial charge >= 0.3 is 0 Å². The highest BCUT2D eigenvalue weighted by Gasteiger charge is 2.25. The lowest BCUT2D eigenvalue weighted by Gasteiger charge is -2.28.